The maximum Gasteiger partial charge on any atom is 0.276 e. The third-order valence-electron chi connectivity index (χ3n) is 5.26. The van der Waals surface area contributed by atoms with Crippen molar-refractivity contribution in [2.45, 2.75) is 6.92 Å². The van der Waals surface area contributed by atoms with Crippen LogP contribution >= 0.6 is 11.6 Å². The number of nitrogens with two attached hydrogens (primary N) is 1. The highest BCUT2D eigenvalue weighted by Gasteiger charge is 2.27. The van der Waals surface area contributed by atoms with Crippen molar-refractivity contribution in [3.63, 3.8) is 0 Å². The minimum Gasteiger partial charge on any atom is -0.399 e. The normalized spacial score (nSPS) is 14.0. The Morgan fingerprint density at radius 1 is 1.16 bits per heavy atom. The van der Waals surface area contributed by atoms with Gasteiger partial charge in [0, 0.05) is 44.0 Å². The Hall–Kier alpha value is -3.66. The Labute approximate surface area is 183 Å². The summed E-state index contributed by atoms with van der Waals surface area (Å²) < 4.78 is 1.59. The van der Waals surface area contributed by atoms with Crippen LogP contribution in [0.25, 0.3) is 5.69 Å². The number of rotatable bonds is 4. The number of benzene rings is 2. The van der Waals surface area contributed by atoms with Gasteiger partial charge in [-0.1, -0.05) is 22.9 Å². The molecule has 3 aromatic rings. The van der Waals surface area contributed by atoms with Gasteiger partial charge < -0.3 is 15.5 Å². The molecular weight excluding hydrogens is 422 g/mol. The second-order valence-corrected chi connectivity index (χ2v) is 7.61. The van der Waals surface area contributed by atoms with E-state index in [0.29, 0.717) is 54.0 Å². The number of carbonyl (C=O) groups is 1. The fraction of sp³-hybridized carbons (Fsp3) is 0.250. The summed E-state index contributed by atoms with van der Waals surface area (Å²) in [6, 6.07) is 11.6. The van der Waals surface area contributed by atoms with Gasteiger partial charge in [-0.15, -0.1) is 5.10 Å². The highest BCUT2D eigenvalue weighted by atomic mass is 35.5. The molecule has 1 aliphatic rings. The van der Waals surface area contributed by atoms with Crippen LogP contribution in [0.15, 0.2) is 42.5 Å². The molecule has 1 amide bonds. The fourth-order valence-corrected chi connectivity index (χ4v) is 3.89. The molecule has 160 valence electrons. The number of carbonyl (C=O) groups excluding carboxylic acids is 1. The van der Waals surface area contributed by atoms with Gasteiger partial charge >= 0.3 is 0 Å². The van der Waals surface area contributed by atoms with E-state index in [1.54, 1.807) is 34.7 Å². The molecule has 1 fully saturated rings. The molecule has 11 heteroatoms. The maximum atomic E-state index is 13.0. The van der Waals surface area contributed by atoms with E-state index < -0.39 is 4.92 Å². The van der Waals surface area contributed by atoms with E-state index in [-0.39, 0.29) is 11.6 Å². The first-order chi connectivity index (χ1) is 14.8. The third-order valence-corrected chi connectivity index (χ3v) is 5.56. The first-order valence-corrected chi connectivity index (χ1v) is 9.99. The highest BCUT2D eigenvalue weighted by Crippen LogP contribution is 2.30. The standard InChI is InChI=1S/C20H20ClN7O3/c1-13-19(23-24-27(13)15-4-2-3-14(22)11-15)20(29)26-9-7-25(8-10-26)18-6-5-16(28(30)31)12-17(18)21/h2-6,11-12H,7-10,22H2,1H3. The van der Waals surface area contributed by atoms with Crippen LogP contribution in [-0.4, -0.2) is 56.9 Å². The number of aromatic nitrogens is 3. The molecule has 0 unspecified atom stereocenters. The molecule has 0 atom stereocenters. The Kier molecular flexibility index (Phi) is 5.47. The van der Waals surface area contributed by atoms with Gasteiger partial charge in [0.1, 0.15) is 0 Å². The summed E-state index contributed by atoms with van der Waals surface area (Å²) in [6.07, 6.45) is 0. The molecule has 1 aromatic heterocycles. The number of nitro benzene ring substituents is 1. The van der Waals surface area contributed by atoms with Gasteiger partial charge in [0.15, 0.2) is 5.69 Å². The van der Waals surface area contributed by atoms with Crippen LogP contribution in [-0.2, 0) is 0 Å². The number of amides is 1. The van der Waals surface area contributed by atoms with Gasteiger partial charge in [-0.25, -0.2) is 4.68 Å². The Bertz CT molecular complexity index is 1160. The van der Waals surface area contributed by atoms with Crippen molar-refractivity contribution in [1.29, 1.82) is 0 Å². The summed E-state index contributed by atoms with van der Waals surface area (Å²) in [5, 5.41) is 19.4. The van der Waals surface area contributed by atoms with Crippen molar-refractivity contribution in [2.24, 2.45) is 0 Å². The van der Waals surface area contributed by atoms with Crippen molar-refractivity contribution in [3.05, 3.63) is 69.0 Å². The van der Waals surface area contributed by atoms with E-state index in [2.05, 4.69) is 10.3 Å². The largest absolute Gasteiger partial charge is 0.399 e. The number of anilines is 2. The van der Waals surface area contributed by atoms with E-state index in [0.717, 1.165) is 5.69 Å². The molecule has 2 aromatic carbocycles. The number of nitro groups is 1. The third kappa shape index (κ3) is 4.02. The summed E-state index contributed by atoms with van der Waals surface area (Å²) >= 11 is 6.24. The molecule has 2 heterocycles. The summed E-state index contributed by atoms with van der Waals surface area (Å²) in [4.78, 5) is 27.2. The summed E-state index contributed by atoms with van der Waals surface area (Å²) in [6.45, 7) is 3.83. The van der Waals surface area contributed by atoms with Crippen LogP contribution in [0.3, 0.4) is 0 Å². The lowest BCUT2D eigenvalue weighted by Crippen LogP contribution is -2.49. The number of nitrogens with zero attached hydrogens (tertiary/aromatic N) is 6. The van der Waals surface area contributed by atoms with Gasteiger partial charge in [0.25, 0.3) is 11.6 Å². The van der Waals surface area contributed by atoms with E-state index >= 15 is 0 Å². The molecule has 0 radical (unpaired) electrons. The molecule has 31 heavy (non-hydrogen) atoms. The molecule has 10 nitrogen and oxygen atoms in total. The minimum absolute atomic E-state index is 0.0544. The quantitative estimate of drug-likeness (QED) is 0.375. The van der Waals surface area contributed by atoms with Crippen LogP contribution in [0, 0.1) is 17.0 Å². The zero-order chi connectivity index (χ0) is 22.1. The first-order valence-electron chi connectivity index (χ1n) is 9.61. The molecule has 0 bridgehead atoms. The highest BCUT2D eigenvalue weighted by molar-refractivity contribution is 6.33. The summed E-state index contributed by atoms with van der Waals surface area (Å²) in [5.41, 5.74) is 8.76. The van der Waals surface area contributed by atoms with E-state index in [1.807, 2.05) is 17.0 Å². The topological polar surface area (TPSA) is 123 Å². The predicted molar refractivity (Wildman–Crippen MR) is 117 cm³/mol. The first kappa shape index (κ1) is 20.6. The number of hydrogen-bond acceptors (Lipinski definition) is 7. The van der Waals surface area contributed by atoms with Crippen LogP contribution in [0.4, 0.5) is 17.1 Å². The molecular formula is C20H20ClN7O3. The van der Waals surface area contributed by atoms with Gasteiger partial charge in [0.2, 0.25) is 0 Å². The number of nitrogen functional groups attached to an aromatic ring is 1. The average Bonchev–Trinajstić information content (AvgIpc) is 3.14. The maximum absolute atomic E-state index is 13.0. The molecule has 2 N–H and O–H groups in total. The van der Waals surface area contributed by atoms with Crippen molar-refractivity contribution in [1.82, 2.24) is 19.9 Å². The predicted octanol–water partition coefficient (Wildman–Crippen LogP) is 2.68. The lowest BCUT2D eigenvalue weighted by atomic mass is 10.2. The SMILES string of the molecule is Cc1c(C(=O)N2CCN(c3ccc([N+](=O)[O-])cc3Cl)CC2)nnn1-c1cccc(N)c1. The second kappa shape index (κ2) is 8.23. The van der Waals surface area contributed by atoms with Crippen LogP contribution in [0.5, 0.6) is 0 Å². The van der Waals surface area contributed by atoms with Crippen molar-refractivity contribution in [2.75, 3.05) is 36.8 Å². The molecule has 0 saturated carbocycles. The van der Waals surface area contributed by atoms with Crippen LogP contribution in [0.2, 0.25) is 5.02 Å². The monoisotopic (exact) mass is 441 g/mol. The lowest BCUT2D eigenvalue weighted by molar-refractivity contribution is -0.384. The number of non-ortho nitro benzene ring substituents is 1. The average molecular weight is 442 g/mol. The van der Waals surface area contributed by atoms with Crippen molar-refractivity contribution < 1.29 is 9.72 Å². The van der Waals surface area contributed by atoms with Crippen LogP contribution in [0.1, 0.15) is 16.2 Å². The smallest absolute Gasteiger partial charge is 0.276 e. The Morgan fingerprint density at radius 2 is 1.90 bits per heavy atom. The van der Waals surface area contributed by atoms with E-state index in [9.17, 15) is 14.9 Å². The lowest BCUT2D eigenvalue weighted by Gasteiger charge is -2.36. The van der Waals surface area contributed by atoms with Crippen LogP contribution < -0.4 is 10.6 Å². The van der Waals surface area contributed by atoms with Gasteiger partial charge in [-0.3, -0.25) is 14.9 Å². The summed E-state index contributed by atoms with van der Waals surface area (Å²) in [5.74, 6) is -0.193. The Morgan fingerprint density at radius 3 is 2.55 bits per heavy atom. The van der Waals surface area contributed by atoms with E-state index in [4.69, 9.17) is 17.3 Å². The number of hydrogen-bond donors (Lipinski definition) is 1. The van der Waals surface area contributed by atoms with Gasteiger partial charge in [-0.05, 0) is 31.2 Å². The zero-order valence-electron chi connectivity index (χ0n) is 16.7. The van der Waals surface area contributed by atoms with Crippen molar-refractivity contribution >= 4 is 34.6 Å². The number of halogens is 1. The second-order valence-electron chi connectivity index (χ2n) is 7.20. The molecule has 0 spiro atoms. The molecule has 4 rings (SSSR count). The minimum atomic E-state index is -0.481. The van der Waals surface area contributed by atoms with Gasteiger partial charge in [-0.2, -0.15) is 0 Å². The fourth-order valence-electron chi connectivity index (χ4n) is 3.59. The molecule has 1 saturated heterocycles. The van der Waals surface area contributed by atoms with Gasteiger partial charge in [0.05, 0.1) is 27.0 Å². The summed E-state index contributed by atoms with van der Waals surface area (Å²) in [7, 11) is 0. The van der Waals surface area contributed by atoms with Crippen molar-refractivity contribution in [3.8, 4) is 5.69 Å². The van der Waals surface area contributed by atoms with E-state index in [1.165, 1.54) is 12.1 Å². The zero-order valence-corrected chi connectivity index (χ0v) is 17.5. The molecule has 0 aliphatic carbocycles. The molecule has 1 aliphatic heterocycles. The number of piperazine rings is 1. The Balaban J connectivity index is 1.46.